The second-order valence-electron chi connectivity index (χ2n) is 6.04. The minimum absolute atomic E-state index is 0.0138. The monoisotopic (exact) mass is 363 g/mol. The van der Waals surface area contributed by atoms with Crippen molar-refractivity contribution in [2.75, 3.05) is 26.7 Å². The van der Waals surface area contributed by atoms with Crippen LogP contribution in [-0.2, 0) is 0 Å². The normalized spacial score (nSPS) is 17.8. The van der Waals surface area contributed by atoms with Crippen molar-refractivity contribution in [3.8, 4) is 5.75 Å². The van der Waals surface area contributed by atoms with Gasteiger partial charge in [0.15, 0.2) is 5.75 Å². The quantitative estimate of drug-likeness (QED) is 0.630. The van der Waals surface area contributed by atoms with Crippen molar-refractivity contribution < 1.29 is 14.5 Å². The van der Waals surface area contributed by atoms with E-state index >= 15 is 0 Å². The number of hydrogen-bond donors (Lipinski definition) is 1. The number of rotatable bonds is 6. The van der Waals surface area contributed by atoms with E-state index in [9.17, 15) is 14.9 Å². The van der Waals surface area contributed by atoms with Crippen molar-refractivity contribution in [1.82, 2.24) is 10.2 Å². The van der Waals surface area contributed by atoms with Crippen LogP contribution in [0, 0.1) is 10.1 Å². The van der Waals surface area contributed by atoms with E-state index in [2.05, 4.69) is 17.1 Å². The average molecular weight is 363 g/mol. The number of carbonyl (C=O) groups is 1. The fourth-order valence-electron chi connectivity index (χ4n) is 3.36. The fourth-order valence-corrected chi connectivity index (χ4v) is 4.43. The predicted octanol–water partition coefficient (Wildman–Crippen LogP) is 3.03. The van der Waals surface area contributed by atoms with Gasteiger partial charge >= 0.3 is 0 Å². The highest BCUT2D eigenvalue weighted by molar-refractivity contribution is 7.21. The average Bonchev–Trinajstić information content (AvgIpc) is 3.22. The van der Waals surface area contributed by atoms with Crippen LogP contribution in [0.15, 0.2) is 18.2 Å². The van der Waals surface area contributed by atoms with Crippen LogP contribution in [0.1, 0.15) is 29.4 Å². The van der Waals surface area contributed by atoms with E-state index in [0.29, 0.717) is 28.6 Å². The second kappa shape index (κ2) is 7.37. The molecule has 0 radical (unpaired) electrons. The Labute approximate surface area is 149 Å². The van der Waals surface area contributed by atoms with Crippen LogP contribution in [0.5, 0.6) is 5.75 Å². The molecule has 3 rings (SSSR count). The number of likely N-dealkylation sites (N-methyl/N-ethyl adjacent to an activating group) is 1. The zero-order chi connectivity index (χ0) is 18.0. The first-order chi connectivity index (χ1) is 12.0. The van der Waals surface area contributed by atoms with Gasteiger partial charge in [0.05, 0.1) is 12.0 Å². The molecule has 1 amide bonds. The van der Waals surface area contributed by atoms with E-state index in [0.717, 1.165) is 30.6 Å². The van der Waals surface area contributed by atoms with Gasteiger partial charge in [-0.3, -0.25) is 19.8 Å². The van der Waals surface area contributed by atoms with Crippen molar-refractivity contribution in [3.63, 3.8) is 0 Å². The topological polar surface area (TPSA) is 84.7 Å². The molecular formula is C17H21N3O4S. The number of nitrogens with one attached hydrogen (secondary N) is 1. The third kappa shape index (κ3) is 3.45. The van der Waals surface area contributed by atoms with E-state index in [1.54, 1.807) is 6.07 Å². The number of amides is 1. The fraction of sp³-hybridized carbons (Fsp3) is 0.471. The molecule has 8 heteroatoms. The van der Waals surface area contributed by atoms with Gasteiger partial charge in [0.1, 0.15) is 4.88 Å². The highest BCUT2D eigenvalue weighted by Crippen LogP contribution is 2.39. The summed E-state index contributed by atoms with van der Waals surface area (Å²) in [5, 5.41) is 14.6. The Kier molecular flexibility index (Phi) is 5.19. The molecule has 1 aromatic carbocycles. The number of ether oxygens (including phenoxy) is 1. The highest BCUT2D eigenvalue weighted by atomic mass is 32.1. The Hall–Kier alpha value is -2.19. The molecule has 1 fully saturated rings. The lowest BCUT2D eigenvalue weighted by molar-refractivity contribution is -0.384. The zero-order valence-corrected chi connectivity index (χ0v) is 15.1. The summed E-state index contributed by atoms with van der Waals surface area (Å²) < 4.78 is 6.18. The minimum Gasteiger partial charge on any atom is -0.494 e. The maximum absolute atomic E-state index is 12.6. The van der Waals surface area contributed by atoms with Gasteiger partial charge in [-0.25, -0.2) is 0 Å². The van der Waals surface area contributed by atoms with E-state index in [4.69, 9.17) is 4.74 Å². The summed E-state index contributed by atoms with van der Waals surface area (Å²) in [4.78, 5) is 26.0. The van der Waals surface area contributed by atoms with Crippen LogP contribution in [0.3, 0.4) is 0 Å². The third-order valence-electron chi connectivity index (χ3n) is 4.65. The van der Waals surface area contributed by atoms with E-state index < -0.39 is 4.92 Å². The molecule has 25 heavy (non-hydrogen) atoms. The summed E-state index contributed by atoms with van der Waals surface area (Å²) in [7, 11) is 1.48. The molecule has 1 aliphatic rings. The Morgan fingerprint density at radius 2 is 2.32 bits per heavy atom. The third-order valence-corrected chi connectivity index (χ3v) is 5.80. The number of fused-ring (bicyclic) bond motifs is 1. The standard InChI is InChI=1S/C17H21N3O4S/c1-3-19-8-4-5-12(19)10-18-17(21)16-15(24-2)13-9-11(20(22)23)6-7-14(13)25-16/h6-7,9,12H,3-5,8,10H2,1-2H3,(H,18,21). The Morgan fingerprint density at radius 3 is 3.00 bits per heavy atom. The van der Waals surface area contributed by atoms with Gasteiger partial charge in [-0.05, 0) is 32.0 Å². The maximum atomic E-state index is 12.6. The zero-order valence-electron chi connectivity index (χ0n) is 14.3. The molecule has 7 nitrogen and oxygen atoms in total. The van der Waals surface area contributed by atoms with Gasteiger partial charge in [-0.1, -0.05) is 6.92 Å². The van der Waals surface area contributed by atoms with Crippen molar-refractivity contribution >= 4 is 33.0 Å². The molecule has 1 aliphatic heterocycles. The van der Waals surface area contributed by atoms with Gasteiger partial charge in [0.2, 0.25) is 0 Å². The summed E-state index contributed by atoms with van der Waals surface area (Å²) in [5.41, 5.74) is -0.0138. The van der Waals surface area contributed by atoms with E-state index in [-0.39, 0.29) is 11.6 Å². The van der Waals surface area contributed by atoms with Gasteiger partial charge in [-0.2, -0.15) is 0 Å². The first-order valence-electron chi connectivity index (χ1n) is 8.32. The number of benzene rings is 1. The van der Waals surface area contributed by atoms with Crippen LogP contribution in [0.4, 0.5) is 5.69 Å². The Balaban J connectivity index is 1.82. The van der Waals surface area contributed by atoms with Gasteiger partial charge in [0, 0.05) is 34.8 Å². The van der Waals surface area contributed by atoms with Gasteiger partial charge < -0.3 is 10.1 Å². The SMILES string of the molecule is CCN1CCCC1CNC(=O)c1sc2ccc([N+](=O)[O-])cc2c1OC. The number of nitro benzene ring substituents is 1. The lowest BCUT2D eigenvalue weighted by Gasteiger charge is -2.22. The molecule has 134 valence electrons. The van der Waals surface area contributed by atoms with Crippen molar-refractivity contribution in [1.29, 1.82) is 0 Å². The highest BCUT2D eigenvalue weighted by Gasteiger charge is 2.25. The number of nitro groups is 1. The first kappa shape index (κ1) is 17.6. The first-order valence-corrected chi connectivity index (χ1v) is 9.14. The largest absolute Gasteiger partial charge is 0.494 e. The summed E-state index contributed by atoms with van der Waals surface area (Å²) >= 11 is 1.29. The van der Waals surface area contributed by atoms with E-state index in [1.807, 2.05) is 0 Å². The number of thiophene rings is 1. The van der Waals surface area contributed by atoms with Gasteiger partial charge in [-0.15, -0.1) is 11.3 Å². The Morgan fingerprint density at radius 1 is 1.52 bits per heavy atom. The van der Waals surface area contributed by atoms with Crippen LogP contribution < -0.4 is 10.1 Å². The predicted molar refractivity (Wildman–Crippen MR) is 97.6 cm³/mol. The van der Waals surface area contributed by atoms with Crippen LogP contribution in [0.25, 0.3) is 10.1 Å². The molecule has 0 spiro atoms. The number of carbonyl (C=O) groups excluding carboxylic acids is 1. The second-order valence-corrected chi connectivity index (χ2v) is 7.09. The minimum atomic E-state index is -0.449. The number of likely N-dealkylation sites (tertiary alicyclic amines) is 1. The van der Waals surface area contributed by atoms with Crippen LogP contribution in [-0.4, -0.2) is 48.5 Å². The molecule has 0 saturated carbocycles. The maximum Gasteiger partial charge on any atom is 0.270 e. The smallest absolute Gasteiger partial charge is 0.270 e. The molecule has 1 N–H and O–H groups in total. The molecule has 2 aromatic rings. The van der Waals surface area contributed by atoms with Crippen LogP contribution >= 0.6 is 11.3 Å². The van der Waals surface area contributed by atoms with E-state index in [1.165, 1.54) is 30.6 Å². The summed E-state index contributed by atoms with van der Waals surface area (Å²) in [5.74, 6) is 0.212. The summed E-state index contributed by atoms with van der Waals surface area (Å²) in [6.07, 6.45) is 2.24. The number of nitrogens with zero attached hydrogens (tertiary/aromatic N) is 2. The van der Waals surface area contributed by atoms with Crippen molar-refractivity contribution in [2.24, 2.45) is 0 Å². The molecular weight excluding hydrogens is 342 g/mol. The number of methoxy groups -OCH3 is 1. The molecule has 1 unspecified atom stereocenters. The molecule has 1 saturated heterocycles. The molecule has 1 atom stereocenters. The van der Waals surface area contributed by atoms with Crippen molar-refractivity contribution in [2.45, 2.75) is 25.8 Å². The summed E-state index contributed by atoms with van der Waals surface area (Å²) in [6.45, 7) is 4.79. The van der Waals surface area contributed by atoms with Gasteiger partial charge in [0.25, 0.3) is 11.6 Å². The molecule has 0 bridgehead atoms. The van der Waals surface area contributed by atoms with Crippen LogP contribution in [0.2, 0.25) is 0 Å². The molecule has 2 heterocycles. The number of non-ortho nitro benzene ring substituents is 1. The van der Waals surface area contributed by atoms with Crippen molar-refractivity contribution in [3.05, 3.63) is 33.2 Å². The summed E-state index contributed by atoms with van der Waals surface area (Å²) in [6, 6.07) is 4.93. The Bertz CT molecular complexity index is 805. The molecule has 0 aliphatic carbocycles. The number of hydrogen-bond acceptors (Lipinski definition) is 6. The lowest BCUT2D eigenvalue weighted by Crippen LogP contribution is -2.39. The lowest BCUT2D eigenvalue weighted by atomic mass is 10.2. The molecule has 1 aromatic heterocycles.